The van der Waals surface area contributed by atoms with Crippen LogP contribution in [-0.4, -0.2) is 47.2 Å². The average Bonchev–Trinajstić information content (AvgIpc) is 3.31. The number of benzene rings is 2. The number of halogens is 7. The topological polar surface area (TPSA) is 50.1 Å². The molecule has 1 aliphatic heterocycles. The highest BCUT2D eigenvalue weighted by Crippen LogP contribution is 2.34. The van der Waals surface area contributed by atoms with Gasteiger partial charge in [0.25, 0.3) is 0 Å². The molecule has 0 amide bonds. The van der Waals surface area contributed by atoms with Crippen molar-refractivity contribution in [3.63, 3.8) is 0 Å². The number of carbonyl (C=O) groups excluding carboxylic acids is 1. The first-order valence-electron chi connectivity index (χ1n) is 13.6. The molecule has 0 aliphatic carbocycles. The van der Waals surface area contributed by atoms with Crippen LogP contribution in [0.2, 0.25) is 0 Å². The summed E-state index contributed by atoms with van der Waals surface area (Å²) in [4.78, 5) is 20.8. The molecule has 3 heterocycles. The number of aryl methyl sites for hydroxylation is 2. The molecule has 6 nitrogen and oxygen atoms in total. The molecule has 13 heteroatoms. The van der Waals surface area contributed by atoms with E-state index in [-0.39, 0.29) is 50.0 Å². The summed E-state index contributed by atoms with van der Waals surface area (Å²) in [6.45, 7) is 4.37. The quantitative estimate of drug-likeness (QED) is 0.161. The summed E-state index contributed by atoms with van der Waals surface area (Å²) in [5, 5.41) is 0. The molecule has 0 unspecified atom stereocenters. The summed E-state index contributed by atoms with van der Waals surface area (Å²) < 4.78 is 99.9. The maximum Gasteiger partial charge on any atom is 0.573 e. The van der Waals surface area contributed by atoms with Gasteiger partial charge in [-0.2, -0.15) is 0 Å². The summed E-state index contributed by atoms with van der Waals surface area (Å²) in [6, 6.07) is 8.37. The largest absolute Gasteiger partial charge is 0.573 e. The van der Waals surface area contributed by atoms with Gasteiger partial charge in [-0.05, 0) is 43.5 Å². The molecule has 0 radical (unpaired) electrons. The molecule has 0 spiro atoms. The second-order valence-electron chi connectivity index (χ2n) is 10.3. The van der Waals surface area contributed by atoms with E-state index >= 15 is 4.39 Å². The smallest absolute Gasteiger partial charge is 0.399 e. The minimum atomic E-state index is -5.24. The lowest BCUT2D eigenvalue weighted by atomic mass is 10.0. The van der Waals surface area contributed by atoms with Gasteiger partial charge in [-0.15, -0.1) is 13.2 Å². The zero-order chi connectivity index (χ0) is 31.1. The highest BCUT2D eigenvalue weighted by molar-refractivity contribution is 5.96. The van der Waals surface area contributed by atoms with E-state index in [1.807, 2.05) is 6.92 Å². The van der Waals surface area contributed by atoms with E-state index in [4.69, 9.17) is 0 Å². The molecular weight excluding hydrogens is 581 g/mol. The Bertz CT molecular complexity index is 1650. The lowest BCUT2D eigenvalue weighted by Crippen LogP contribution is -2.52. The third-order valence-corrected chi connectivity index (χ3v) is 7.41. The number of hydrogen-bond acceptors (Lipinski definition) is 5. The van der Waals surface area contributed by atoms with E-state index in [0.29, 0.717) is 34.7 Å². The molecule has 228 valence electrons. The van der Waals surface area contributed by atoms with Crippen LogP contribution < -0.4 is 14.5 Å². The van der Waals surface area contributed by atoms with Crippen molar-refractivity contribution in [1.29, 1.82) is 0 Å². The maximum absolute atomic E-state index is 15.2. The number of ether oxygens (including phenoxy) is 1. The Balaban J connectivity index is 1.24. The number of nitrogens with zero attached hydrogens (tertiary/aromatic N) is 4. The number of Topliss-reactive ketones (excluding diaryl/α,β-unsaturated/α-hetero) is 1. The van der Waals surface area contributed by atoms with Gasteiger partial charge < -0.3 is 14.5 Å². The van der Waals surface area contributed by atoms with Crippen molar-refractivity contribution in [2.24, 2.45) is 0 Å². The van der Waals surface area contributed by atoms with Gasteiger partial charge in [0.15, 0.2) is 17.4 Å². The zero-order valence-electron chi connectivity index (χ0n) is 23.2. The van der Waals surface area contributed by atoms with Crippen LogP contribution in [0.4, 0.5) is 42.1 Å². The van der Waals surface area contributed by atoms with Crippen LogP contribution in [0.25, 0.3) is 5.65 Å². The van der Waals surface area contributed by atoms with E-state index < -0.39 is 35.4 Å². The Morgan fingerprint density at radius 2 is 1.72 bits per heavy atom. The van der Waals surface area contributed by atoms with Crippen molar-refractivity contribution in [2.75, 3.05) is 29.4 Å². The molecule has 4 aromatic rings. The fourth-order valence-corrected chi connectivity index (χ4v) is 5.43. The number of hydrogen-bond donors (Lipinski definition) is 0. The molecule has 0 bridgehead atoms. The second kappa shape index (κ2) is 11.8. The standard InChI is InChI=1S/C30H27F7N4O2/c1-3-24-28(41-9-8-19(31)13-27(41)38-24)26(42)7-5-18-4-6-25(21(32)12-18)39-10-11-40(17(2)16-39)20-14-22(33)29(23(34)15-20)43-30(35,36)37/h4,6,8-9,12-15,17H,3,5,7,10-11,16H2,1-2H3/t17-/m0/s1. The first-order valence-corrected chi connectivity index (χ1v) is 13.6. The number of piperazine rings is 1. The minimum absolute atomic E-state index is 0.0412. The molecule has 2 aromatic heterocycles. The predicted molar refractivity (Wildman–Crippen MR) is 146 cm³/mol. The summed E-state index contributed by atoms with van der Waals surface area (Å²) in [7, 11) is 0. The van der Waals surface area contributed by atoms with Gasteiger partial charge in [0, 0.05) is 62.2 Å². The van der Waals surface area contributed by atoms with Crippen molar-refractivity contribution in [3.05, 3.63) is 88.9 Å². The Labute approximate surface area is 242 Å². The second-order valence-corrected chi connectivity index (χ2v) is 10.3. The lowest BCUT2D eigenvalue weighted by Gasteiger charge is -2.42. The molecule has 0 saturated carbocycles. The summed E-state index contributed by atoms with van der Waals surface area (Å²) in [6.07, 6.45) is -2.94. The molecule has 2 aromatic carbocycles. The highest BCUT2D eigenvalue weighted by Gasteiger charge is 2.35. The molecule has 1 atom stereocenters. The fourth-order valence-electron chi connectivity index (χ4n) is 5.43. The van der Waals surface area contributed by atoms with Crippen molar-refractivity contribution < 1.29 is 40.3 Å². The third-order valence-electron chi connectivity index (χ3n) is 7.41. The van der Waals surface area contributed by atoms with Crippen LogP contribution in [-0.2, 0) is 12.8 Å². The summed E-state index contributed by atoms with van der Waals surface area (Å²) in [5.74, 6) is -5.65. The zero-order valence-corrected chi connectivity index (χ0v) is 23.2. The molecule has 1 saturated heterocycles. The van der Waals surface area contributed by atoms with Gasteiger partial charge in [0.1, 0.15) is 23.0 Å². The SMILES string of the molecule is CCc1nc2cc(F)ccn2c1C(=O)CCc1ccc(N2CCN(c3cc(F)c(OC(F)(F)F)c(F)c3)[C@@H](C)C2)c(F)c1. The van der Waals surface area contributed by atoms with Gasteiger partial charge >= 0.3 is 6.36 Å². The monoisotopic (exact) mass is 608 g/mol. The number of fused-ring (bicyclic) bond motifs is 1. The number of carbonyl (C=O) groups is 1. The molecule has 1 aliphatic rings. The number of imidazole rings is 1. The maximum atomic E-state index is 15.2. The first-order chi connectivity index (χ1) is 20.3. The summed E-state index contributed by atoms with van der Waals surface area (Å²) >= 11 is 0. The van der Waals surface area contributed by atoms with Crippen LogP contribution in [0.15, 0.2) is 48.7 Å². The van der Waals surface area contributed by atoms with E-state index in [2.05, 4.69) is 9.72 Å². The van der Waals surface area contributed by atoms with E-state index in [1.54, 1.807) is 33.3 Å². The van der Waals surface area contributed by atoms with E-state index in [0.717, 1.165) is 12.1 Å². The van der Waals surface area contributed by atoms with Gasteiger partial charge in [-0.25, -0.2) is 22.5 Å². The predicted octanol–water partition coefficient (Wildman–Crippen LogP) is 6.88. The van der Waals surface area contributed by atoms with E-state index in [9.17, 15) is 31.1 Å². The van der Waals surface area contributed by atoms with Crippen LogP contribution in [0, 0.1) is 23.3 Å². The normalized spacial score (nSPS) is 15.8. The third kappa shape index (κ3) is 6.40. The van der Waals surface area contributed by atoms with Crippen molar-refractivity contribution >= 4 is 22.8 Å². The van der Waals surface area contributed by atoms with Gasteiger partial charge in [-0.3, -0.25) is 9.20 Å². The van der Waals surface area contributed by atoms with Crippen LogP contribution in [0.5, 0.6) is 5.75 Å². The molecule has 0 N–H and O–H groups in total. The molecule has 5 rings (SSSR count). The van der Waals surface area contributed by atoms with Crippen LogP contribution >= 0.6 is 0 Å². The Morgan fingerprint density at radius 3 is 2.35 bits per heavy atom. The molecular formula is C30H27F7N4O2. The van der Waals surface area contributed by atoms with Gasteiger partial charge in [0.05, 0.1) is 11.4 Å². The number of anilines is 2. The highest BCUT2D eigenvalue weighted by atomic mass is 19.4. The average molecular weight is 609 g/mol. The van der Waals surface area contributed by atoms with Gasteiger partial charge in [0.2, 0.25) is 5.75 Å². The van der Waals surface area contributed by atoms with Crippen LogP contribution in [0.3, 0.4) is 0 Å². The first kappa shape index (κ1) is 30.2. The van der Waals surface area contributed by atoms with Crippen molar-refractivity contribution in [1.82, 2.24) is 9.38 Å². The molecule has 1 fully saturated rings. The van der Waals surface area contributed by atoms with Crippen LogP contribution in [0.1, 0.15) is 42.0 Å². The van der Waals surface area contributed by atoms with E-state index in [1.165, 1.54) is 24.4 Å². The van der Waals surface area contributed by atoms with Crippen molar-refractivity contribution in [2.45, 2.75) is 45.5 Å². The van der Waals surface area contributed by atoms with Crippen molar-refractivity contribution in [3.8, 4) is 5.75 Å². The number of ketones is 1. The number of rotatable bonds is 8. The number of alkyl halides is 3. The summed E-state index contributed by atoms with van der Waals surface area (Å²) in [5.41, 5.74) is 2.23. The number of pyridine rings is 1. The lowest BCUT2D eigenvalue weighted by molar-refractivity contribution is -0.276. The fraction of sp³-hybridized carbons (Fsp3) is 0.333. The Hall–Kier alpha value is -4.29. The number of aromatic nitrogens is 2. The Kier molecular flexibility index (Phi) is 8.26. The minimum Gasteiger partial charge on any atom is -0.399 e. The Morgan fingerprint density at radius 1 is 1.00 bits per heavy atom. The van der Waals surface area contributed by atoms with Gasteiger partial charge in [-0.1, -0.05) is 13.0 Å². The molecule has 43 heavy (non-hydrogen) atoms.